The maximum atomic E-state index is 11.9. The summed E-state index contributed by atoms with van der Waals surface area (Å²) in [4.78, 5) is 2.04. The van der Waals surface area contributed by atoms with Crippen LogP contribution in [0.5, 0.6) is 5.75 Å². The smallest absolute Gasteiger partial charge is 0.120 e. The van der Waals surface area contributed by atoms with Crippen molar-refractivity contribution in [2.24, 2.45) is 0 Å². The van der Waals surface area contributed by atoms with Crippen molar-refractivity contribution in [3.05, 3.63) is 89.5 Å². The zero-order valence-electron chi connectivity index (χ0n) is 20.0. The molecule has 34 heavy (non-hydrogen) atoms. The highest BCUT2D eigenvalue weighted by molar-refractivity contribution is 7.98. The van der Waals surface area contributed by atoms with Crippen LogP contribution in [0, 0.1) is 0 Å². The van der Waals surface area contributed by atoms with E-state index in [-0.39, 0.29) is 6.61 Å². The van der Waals surface area contributed by atoms with E-state index >= 15 is 0 Å². The van der Waals surface area contributed by atoms with Gasteiger partial charge in [0, 0.05) is 26.8 Å². The Morgan fingerprint density at radius 1 is 0.912 bits per heavy atom. The Bertz CT molecular complexity index is 1110. The van der Waals surface area contributed by atoms with Crippen molar-refractivity contribution in [3.63, 3.8) is 0 Å². The summed E-state index contributed by atoms with van der Waals surface area (Å²) < 4.78 is 23.1. The molecule has 6 heteroatoms. The van der Waals surface area contributed by atoms with Gasteiger partial charge in [0.1, 0.15) is 12.4 Å². The van der Waals surface area contributed by atoms with Crippen LogP contribution in [0.2, 0.25) is 0 Å². The van der Waals surface area contributed by atoms with Gasteiger partial charge in [-0.2, -0.15) is 0 Å². The van der Waals surface area contributed by atoms with Crippen molar-refractivity contribution in [1.29, 1.82) is 0 Å². The SMILES string of the molecule is CC/C(=C(/c1ccc(SC)cc1)c1ccc(S(C)=O)cc1)c1cccc(OCCOCCO)c1. The molecule has 0 saturated carbocycles. The van der Waals surface area contributed by atoms with Gasteiger partial charge in [0.25, 0.3) is 0 Å². The topological polar surface area (TPSA) is 55.8 Å². The van der Waals surface area contributed by atoms with Gasteiger partial charge in [-0.3, -0.25) is 4.21 Å². The Kier molecular flexibility index (Phi) is 10.4. The summed E-state index contributed by atoms with van der Waals surface area (Å²) in [5, 5.41) is 8.83. The van der Waals surface area contributed by atoms with Crippen molar-refractivity contribution < 1.29 is 18.8 Å². The molecular formula is C28H32O4S2. The summed E-state index contributed by atoms with van der Waals surface area (Å²) >= 11 is 1.72. The first-order valence-electron chi connectivity index (χ1n) is 11.3. The van der Waals surface area contributed by atoms with E-state index in [1.54, 1.807) is 18.0 Å². The standard InChI is InChI=1S/C28H32O4S2/c1-4-27(23-6-5-7-24(20-23)32-19-18-31-17-16-29)28(21-8-12-25(33-2)13-9-21)22-10-14-26(15-11-22)34(3)30/h5-15,20,29H,4,16-19H2,1-3H3/b28-27+. The van der Waals surface area contributed by atoms with Crippen molar-refractivity contribution in [3.8, 4) is 5.75 Å². The van der Waals surface area contributed by atoms with Crippen LogP contribution in [0.15, 0.2) is 82.6 Å². The second kappa shape index (κ2) is 13.5. The largest absolute Gasteiger partial charge is 0.491 e. The van der Waals surface area contributed by atoms with E-state index in [1.165, 1.54) is 10.5 Å². The number of allylic oxidation sites excluding steroid dienone is 1. The molecule has 180 valence electrons. The molecular weight excluding hydrogens is 464 g/mol. The van der Waals surface area contributed by atoms with Crippen LogP contribution in [0.1, 0.15) is 30.0 Å². The van der Waals surface area contributed by atoms with Crippen molar-refractivity contribution in [1.82, 2.24) is 0 Å². The molecule has 3 rings (SSSR count). The summed E-state index contributed by atoms with van der Waals surface area (Å²) in [6.07, 6.45) is 4.61. The van der Waals surface area contributed by atoms with Crippen LogP contribution in [0.3, 0.4) is 0 Å². The van der Waals surface area contributed by atoms with Crippen LogP contribution in [0.25, 0.3) is 11.1 Å². The first kappa shape index (κ1) is 26.2. The predicted octanol–water partition coefficient (Wildman–Crippen LogP) is 5.90. The van der Waals surface area contributed by atoms with Gasteiger partial charge in [-0.25, -0.2) is 0 Å². The van der Waals surface area contributed by atoms with Crippen LogP contribution in [-0.2, 0) is 15.5 Å². The average Bonchev–Trinajstić information content (AvgIpc) is 2.87. The molecule has 1 unspecified atom stereocenters. The molecule has 0 aliphatic carbocycles. The minimum atomic E-state index is -1.02. The fourth-order valence-electron chi connectivity index (χ4n) is 3.77. The predicted molar refractivity (Wildman–Crippen MR) is 143 cm³/mol. The Morgan fingerprint density at radius 2 is 1.59 bits per heavy atom. The van der Waals surface area contributed by atoms with Gasteiger partial charge in [0.15, 0.2) is 0 Å². The number of thioether (sulfide) groups is 1. The maximum Gasteiger partial charge on any atom is 0.120 e. The summed E-state index contributed by atoms with van der Waals surface area (Å²) in [5.41, 5.74) is 5.70. The Morgan fingerprint density at radius 3 is 2.18 bits per heavy atom. The number of rotatable bonds is 12. The van der Waals surface area contributed by atoms with Gasteiger partial charge in [-0.05, 0) is 76.9 Å². The van der Waals surface area contributed by atoms with Crippen LogP contribution in [0.4, 0.5) is 0 Å². The molecule has 0 amide bonds. The van der Waals surface area contributed by atoms with Crippen LogP contribution >= 0.6 is 11.8 Å². The molecule has 0 heterocycles. The summed E-state index contributed by atoms with van der Waals surface area (Å²) in [6.45, 7) is 3.34. The lowest BCUT2D eigenvalue weighted by molar-refractivity contribution is 0.0705. The van der Waals surface area contributed by atoms with Crippen LogP contribution in [-0.4, -0.2) is 48.3 Å². The summed E-state index contributed by atoms with van der Waals surface area (Å²) in [7, 11) is -1.02. The van der Waals surface area contributed by atoms with Gasteiger partial charge in [0.2, 0.25) is 0 Å². The van der Waals surface area contributed by atoms with E-state index in [1.807, 2.05) is 24.3 Å². The molecule has 0 aromatic heterocycles. The number of benzene rings is 3. The lowest BCUT2D eigenvalue weighted by Gasteiger charge is -2.18. The number of aliphatic hydroxyl groups excluding tert-OH is 1. The van der Waals surface area contributed by atoms with Gasteiger partial charge >= 0.3 is 0 Å². The lowest BCUT2D eigenvalue weighted by Crippen LogP contribution is -2.09. The molecule has 3 aromatic rings. The molecule has 0 saturated heterocycles. The summed E-state index contributed by atoms with van der Waals surface area (Å²) in [6, 6.07) is 24.8. The highest BCUT2D eigenvalue weighted by atomic mass is 32.2. The molecule has 0 radical (unpaired) electrons. The minimum Gasteiger partial charge on any atom is -0.491 e. The van der Waals surface area contributed by atoms with E-state index in [0.717, 1.165) is 39.3 Å². The van der Waals surface area contributed by atoms with Crippen LogP contribution < -0.4 is 4.74 Å². The first-order valence-corrected chi connectivity index (χ1v) is 14.1. The monoisotopic (exact) mass is 496 g/mol. The fraction of sp³-hybridized carbons (Fsp3) is 0.286. The highest BCUT2D eigenvalue weighted by Crippen LogP contribution is 2.36. The lowest BCUT2D eigenvalue weighted by atomic mass is 9.88. The van der Waals surface area contributed by atoms with E-state index in [2.05, 4.69) is 61.7 Å². The molecule has 0 spiro atoms. The number of ether oxygens (including phenoxy) is 2. The molecule has 0 aliphatic heterocycles. The first-order chi connectivity index (χ1) is 16.6. The molecule has 0 aliphatic rings. The molecule has 1 N–H and O–H groups in total. The summed E-state index contributed by atoms with van der Waals surface area (Å²) in [5.74, 6) is 0.782. The van der Waals surface area contributed by atoms with Crippen molar-refractivity contribution in [2.45, 2.75) is 23.1 Å². The molecule has 0 fully saturated rings. The quantitative estimate of drug-likeness (QED) is 0.192. The van der Waals surface area contributed by atoms with Gasteiger partial charge in [-0.15, -0.1) is 11.8 Å². The number of hydrogen-bond acceptors (Lipinski definition) is 5. The molecule has 4 nitrogen and oxygen atoms in total. The Hall–Kier alpha value is -2.38. The third-order valence-corrected chi connectivity index (χ3v) is 7.10. The van der Waals surface area contributed by atoms with E-state index in [0.29, 0.717) is 19.8 Å². The van der Waals surface area contributed by atoms with Crippen molar-refractivity contribution in [2.75, 3.05) is 38.9 Å². The van der Waals surface area contributed by atoms with E-state index in [9.17, 15) is 4.21 Å². The Labute approximate surface area is 209 Å². The highest BCUT2D eigenvalue weighted by Gasteiger charge is 2.14. The molecule has 0 bridgehead atoms. The van der Waals surface area contributed by atoms with E-state index < -0.39 is 10.8 Å². The minimum absolute atomic E-state index is 0.00991. The number of aliphatic hydroxyl groups is 1. The fourth-order valence-corrected chi connectivity index (χ4v) is 4.70. The normalized spacial score (nSPS) is 12.8. The molecule has 3 aromatic carbocycles. The average molecular weight is 497 g/mol. The Balaban J connectivity index is 2.04. The zero-order valence-corrected chi connectivity index (χ0v) is 21.6. The second-order valence-electron chi connectivity index (χ2n) is 7.63. The maximum absolute atomic E-state index is 11.9. The molecule has 1 atom stereocenters. The second-order valence-corrected chi connectivity index (χ2v) is 9.89. The van der Waals surface area contributed by atoms with Gasteiger partial charge < -0.3 is 14.6 Å². The van der Waals surface area contributed by atoms with E-state index in [4.69, 9.17) is 14.6 Å². The third-order valence-electron chi connectivity index (χ3n) is 5.42. The third kappa shape index (κ3) is 7.06. The van der Waals surface area contributed by atoms with Gasteiger partial charge in [-0.1, -0.05) is 43.3 Å². The number of hydrogen-bond donors (Lipinski definition) is 1. The van der Waals surface area contributed by atoms with Crippen molar-refractivity contribution >= 4 is 33.7 Å². The van der Waals surface area contributed by atoms with Gasteiger partial charge in [0.05, 0.1) is 19.8 Å². The zero-order chi connectivity index (χ0) is 24.3.